The maximum absolute atomic E-state index is 12.8. The SMILES string of the molecule is COc1ccccc1C(=O)Nc1sc(SCC(N)=O)nc1-c1ccccc1. The summed E-state index contributed by atoms with van der Waals surface area (Å²) in [7, 11) is 1.52. The molecule has 0 radical (unpaired) electrons. The van der Waals surface area contributed by atoms with Gasteiger partial charge in [0.2, 0.25) is 5.91 Å². The highest BCUT2D eigenvalue weighted by Crippen LogP contribution is 2.38. The molecule has 2 amide bonds. The van der Waals surface area contributed by atoms with E-state index in [1.54, 1.807) is 24.3 Å². The molecule has 0 aliphatic rings. The van der Waals surface area contributed by atoms with Crippen LogP contribution in [0.3, 0.4) is 0 Å². The molecular weight excluding hydrogens is 382 g/mol. The summed E-state index contributed by atoms with van der Waals surface area (Å²) < 4.78 is 5.92. The van der Waals surface area contributed by atoms with Gasteiger partial charge in [-0.1, -0.05) is 65.6 Å². The van der Waals surface area contributed by atoms with Gasteiger partial charge in [0.05, 0.1) is 18.4 Å². The molecule has 3 rings (SSSR count). The zero-order valence-electron chi connectivity index (χ0n) is 14.5. The largest absolute Gasteiger partial charge is 0.496 e. The number of nitrogens with one attached hydrogen (secondary N) is 1. The van der Waals surface area contributed by atoms with Gasteiger partial charge in [0.25, 0.3) is 5.91 Å². The highest BCUT2D eigenvalue weighted by Gasteiger charge is 2.19. The van der Waals surface area contributed by atoms with E-state index in [0.29, 0.717) is 26.3 Å². The van der Waals surface area contributed by atoms with Gasteiger partial charge in [0.1, 0.15) is 16.4 Å². The van der Waals surface area contributed by atoms with Gasteiger partial charge in [-0.3, -0.25) is 9.59 Å². The number of methoxy groups -OCH3 is 1. The Labute approximate surface area is 164 Å². The molecule has 0 atom stereocenters. The van der Waals surface area contributed by atoms with E-state index < -0.39 is 5.91 Å². The molecule has 0 bridgehead atoms. The van der Waals surface area contributed by atoms with E-state index in [-0.39, 0.29) is 11.7 Å². The first-order chi connectivity index (χ1) is 13.1. The summed E-state index contributed by atoms with van der Waals surface area (Å²) in [6, 6.07) is 16.5. The summed E-state index contributed by atoms with van der Waals surface area (Å²) in [5, 5.41) is 3.52. The zero-order valence-corrected chi connectivity index (χ0v) is 16.1. The van der Waals surface area contributed by atoms with Crippen LogP contribution >= 0.6 is 23.1 Å². The predicted octanol–water partition coefficient (Wildman–Crippen LogP) is 3.65. The average Bonchev–Trinajstić information content (AvgIpc) is 3.09. The van der Waals surface area contributed by atoms with Crippen molar-refractivity contribution in [3.05, 3.63) is 60.2 Å². The number of rotatable bonds is 7. The molecule has 27 heavy (non-hydrogen) atoms. The van der Waals surface area contributed by atoms with Crippen LogP contribution in [0.2, 0.25) is 0 Å². The van der Waals surface area contributed by atoms with Crippen LogP contribution < -0.4 is 15.8 Å². The van der Waals surface area contributed by atoms with Crippen molar-refractivity contribution >= 4 is 39.9 Å². The third-order valence-corrected chi connectivity index (χ3v) is 5.71. The van der Waals surface area contributed by atoms with Crippen LogP contribution in [-0.4, -0.2) is 29.7 Å². The smallest absolute Gasteiger partial charge is 0.260 e. The standard InChI is InChI=1S/C19H17N3O3S2/c1-25-14-10-6-5-9-13(14)17(24)22-18-16(12-7-3-2-4-8-12)21-19(27-18)26-11-15(20)23/h2-10H,11H2,1H3,(H2,20,23)(H,22,24). The fourth-order valence-corrected chi connectivity index (χ4v) is 4.17. The number of ether oxygens (including phenoxy) is 1. The molecular formula is C19H17N3O3S2. The number of amides is 2. The Morgan fingerprint density at radius 3 is 2.56 bits per heavy atom. The lowest BCUT2D eigenvalue weighted by Crippen LogP contribution is -2.12. The molecule has 2 aromatic carbocycles. The molecule has 0 unspecified atom stereocenters. The van der Waals surface area contributed by atoms with Gasteiger partial charge in [-0.05, 0) is 12.1 Å². The molecule has 6 nitrogen and oxygen atoms in total. The number of hydrogen-bond donors (Lipinski definition) is 2. The zero-order chi connectivity index (χ0) is 19.2. The van der Waals surface area contributed by atoms with E-state index in [1.807, 2.05) is 30.3 Å². The first kappa shape index (κ1) is 18.9. The quantitative estimate of drug-likeness (QED) is 0.592. The monoisotopic (exact) mass is 399 g/mol. The topological polar surface area (TPSA) is 94.3 Å². The third kappa shape index (κ3) is 4.66. The lowest BCUT2D eigenvalue weighted by molar-refractivity contribution is -0.115. The summed E-state index contributed by atoms with van der Waals surface area (Å²) in [5.74, 6) is -0.0957. The van der Waals surface area contributed by atoms with E-state index in [2.05, 4.69) is 10.3 Å². The minimum Gasteiger partial charge on any atom is -0.496 e. The molecule has 1 aromatic heterocycles. The fraction of sp³-hybridized carbons (Fsp3) is 0.105. The van der Waals surface area contributed by atoms with Crippen LogP contribution in [0.5, 0.6) is 5.75 Å². The first-order valence-corrected chi connectivity index (χ1v) is 9.80. The molecule has 138 valence electrons. The minimum atomic E-state index is -0.420. The van der Waals surface area contributed by atoms with Crippen LogP contribution in [0.1, 0.15) is 10.4 Å². The number of nitrogens with two attached hydrogens (primary N) is 1. The van der Waals surface area contributed by atoms with Crippen LogP contribution in [0.4, 0.5) is 5.00 Å². The number of anilines is 1. The molecule has 0 saturated heterocycles. The number of thioether (sulfide) groups is 1. The van der Waals surface area contributed by atoms with Crippen molar-refractivity contribution < 1.29 is 14.3 Å². The van der Waals surface area contributed by atoms with Gasteiger partial charge in [-0.2, -0.15) is 0 Å². The number of benzene rings is 2. The molecule has 3 N–H and O–H groups in total. The maximum Gasteiger partial charge on any atom is 0.260 e. The number of primary amides is 1. The van der Waals surface area contributed by atoms with Crippen molar-refractivity contribution in [1.82, 2.24) is 4.98 Å². The van der Waals surface area contributed by atoms with Crippen molar-refractivity contribution in [2.45, 2.75) is 4.34 Å². The summed E-state index contributed by atoms with van der Waals surface area (Å²) >= 11 is 2.55. The molecule has 0 fully saturated rings. The number of nitrogens with zero attached hydrogens (tertiary/aromatic N) is 1. The molecule has 8 heteroatoms. The number of aromatic nitrogens is 1. The second kappa shape index (κ2) is 8.70. The van der Waals surface area contributed by atoms with Gasteiger partial charge in [0, 0.05) is 5.56 Å². The lowest BCUT2D eigenvalue weighted by atomic mass is 10.1. The van der Waals surface area contributed by atoms with Crippen LogP contribution in [0.25, 0.3) is 11.3 Å². The fourth-order valence-electron chi connectivity index (χ4n) is 2.37. The van der Waals surface area contributed by atoms with E-state index in [9.17, 15) is 9.59 Å². The number of para-hydroxylation sites is 1. The molecule has 0 saturated carbocycles. The number of carbonyl (C=O) groups is 2. The molecule has 1 heterocycles. The van der Waals surface area contributed by atoms with Crippen molar-refractivity contribution in [1.29, 1.82) is 0 Å². The van der Waals surface area contributed by atoms with Gasteiger partial charge < -0.3 is 15.8 Å². The number of thiazole rings is 1. The van der Waals surface area contributed by atoms with E-state index in [4.69, 9.17) is 10.5 Å². The number of carbonyl (C=O) groups excluding carboxylic acids is 2. The van der Waals surface area contributed by atoms with Gasteiger partial charge >= 0.3 is 0 Å². The second-order valence-corrected chi connectivity index (χ2v) is 7.65. The third-order valence-electron chi connectivity index (χ3n) is 3.57. The van der Waals surface area contributed by atoms with Gasteiger partial charge in [-0.25, -0.2) is 4.98 Å². The van der Waals surface area contributed by atoms with Gasteiger partial charge in [-0.15, -0.1) is 0 Å². The van der Waals surface area contributed by atoms with Crippen LogP contribution in [0, 0.1) is 0 Å². The second-order valence-electron chi connectivity index (χ2n) is 5.43. The van der Waals surface area contributed by atoms with Crippen molar-refractivity contribution in [3.8, 4) is 17.0 Å². The molecule has 0 aliphatic carbocycles. The first-order valence-electron chi connectivity index (χ1n) is 8.00. The average molecular weight is 399 g/mol. The molecule has 3 aromatic rings. The summed E-state index contributed by atoms with van der Waals surface area (Å²) in [6.07, 6.45) is 0. The Hall–Kier alpha value is -2.84. The Kier molecular flexibility index (Phi) is 6.10. The summed E-state index contributed by atoms with van der Waals surface area (Å²) in [6.45, 7) is 0. The van der Waals surface area contributed by atoms with E-state index in [0.717, 1.165) is 5.56 Å². The predicted molar refractivity (Wildman–Crippen MR) is 108 cm³/mol. The Balaban J connectivity index is 1.93. The van der Waals surface area contributed by atoms with Gasteiger partial charge in [0.15, 0.2) is 4.34 Å². The maximum atomic E-state index is 12.8. The Morgan fingerprint density at radius 2 is 1.85 bits per heavy atom. The van der Waals surface area contributed by atoms with E-state index in [1.165, 1.54) is 30.2 Å². The minimum absolute atomic E-state index is 0.127. The lowest BCUT2D eigenvalue weighted by Gasteiger charge is -2.09. The van der Waals surface area contributed by atoms with Crippen LogP contribution in [0.15, 0.2) is 58.9 Å². The highest BCUT2D eigenvalue weighted by atomic mass is 32.2. The summed E-state index contributed by atoms with van der Waals surface area (Å²) in [4.78, 5) is 28.4. The molecule has 0 spiro atoms. The molecule has 0 aliphatic heterocycles. The van der Waals surface area contributed by atoms with Crippen molar-refractivity contribution in [3.63, 3.8) is 0 Å². The Morgan fingerprint density at radius 1 is 1.15 bits per heavy atom. The van der Waals surface area contributed by atoms with Crippen LogP contribution in [-0.2, 0) is 4.79 Å². The van der Waals surface area contributed by atoms with Crippen molar-refractivity contribution in [2.24, 2.45) is 5.73 Å². The normalized spacial score (nSPS) is 10.4. The number of hydrogen-bond acceptors (Lipinski definition) is 6. The van der Waals surface area contributed by atoms with Crippen molar-refractivity contribution in [2.75, 3.05) is 18.2 Å². The Bertz CT molecular complexity index is 958. The highest BCUT2D eigenvalue weighted by molar-refractivity contribution is 8.01. The summed E-state index contributed by atoms with van der Waals surface area (Å²) in [5.41, 5.74) is 7.17. The van der Waals surface area contributed by atoms with E-state index >= 15 is 0 Å².